The second-order valence-electron chi connectivity index (χ2n) is 7.91. The molecule has 1 atom stereocenters. The van der Waals surface area contributed by atoms with Gasteiger partial charge in [-0.2, -0.15) is 5.26 Å². The van der Waals surface area contributed by atoms with Crippen LogP contribution in [0.15, 0.2) is 48.8 Å². The third kappa shape index (κ3) is 4.76. The second kappa shape index (κ2) is 8.88. The molecule has 2 fully saturated rings. The van der Waals surface area contributed by atoms with Gasteiger partial charge in [0, 0.05) is 31.0 Å². The van der Waals surface area contributed by atoms with E-state index in [-0.39, 0.29) is 18.5 Å². The highest BCUT2D eigenvalue weighted by atomic mass is 35.5. The Balaban J connectivity index is 0.00000231. The van der Waals surface area contributed by atoms with E-state index in [0.29, 0.717) is 29.7 Å². The number of pyridine rings is 3. The summed E-state index contributed by atoms with van der Waals surface area (Å²) in [5.74, 6) is 2.76. The van der Waals surface area contributed by atoms with Crippen LogP contribution in [-0.4, -0.2) is 39.3 Å². The Bertz CT molecular complexity index is 1110. The summed E-state index contributed by atoms with van der Waals surface area (Å²) in [6, 6.07) is 13.7. The predicted molar refractivity (Wildman–Crippen MR) is 122 cm³/mol. The van der Waals surface area contributed by atoms with E-state index in [1.807, 2.05) is 18.3 Å². The van der Waals surface area contributed by atoms with Crippen molar-refractivity contribution in [1.29, 1.82) is 5.26 Å². The van der Waals surface area contributed by atoms with Gasteiger partial charge in [0.2, 0.25) is 0 Å². The van der Waals surface area contributed by atoms with E-state index in [1.54, 1.807) is 18.3 Å². The lowest BCUT2D eigenvalue weighted by atomic mass is 10.1. The first kappa shape index (κ1) is 21.0. The summed E-state index contributed by atoms with van der Waals surface area (Å²) in [7, 11) is 0. The summed E-state index contributed by atoms with van der Waals surface area (Å²) in [6.45, 7) is 1.45. The molecule has 0 radical (unpaired) electrons. The highest BCUT2D eigenvalue weighted by Gasteiger charge is 2.25. The Hall–Kier alpha value is -3.21. The van der Waals surface area contributed by atoms with Crippen LogP contribution < -0.4 is 10.2 Å². The van der Waals surface area contributed by atoms with Gasteiger partial charge in [-0.15, -0.1) is 12.4 Å². The monoisotopic (exact) mass is 434 g/mol. The maximum atomic E-state index is 9.76. The van der Waals surface area contributed by atoms with Crippen molar-refractivity contribution < 1.29 is 5.11 Å². The summed E-state index contributed by atoms with van der Waals surface area (Å²) in [5.41, 5.74) is 3.62. The summed E-state index contributed by atoms with van der Waals surface area (Å²) in [5, 5.41) is 22.1. The SMILES string of the molecule is Cl.N#Cc1ccnc(Nc2cc(C3CC3)cc(-c3ccc(N4CC[C@H](O)C4)nc3)n2)c1. The number of rotatable bonds is 5. The van der Waals surface area contributed by atoms with Crippen molar-refractivity contribution in [2.24, 2.45) is 0 Å². The molecule has 4 heterocycles. The van der Waals surface area contributed by atoms with E-state index in [2.05, 4.69) is 38.4 Å². The van der Waals surface area contributed by atoms with Crippen molar-refractivity contribution in [2.75, 3.05) is 23.3 Å². The van der Waals surface area contributed by atoms with Crippen molar-refractivity contribution in [2.45, 2.75) is 31.3 Å². The molecule has 1 aliphatic heterocycles. The van der Waals surface area contributed by atoms with Gasteiger partial charge in [0.25, 0.3) is 0 Å². The molecule has 1 saturated carbocycles. The molecule has 0 spiro atoms. The van der Waals surface area contributed by atoms with Crippen LogP contribution in [0.3, 0.4) is 0 Å². The molecule has 3 aromatic heterocycles. The number of aliphatic hydroxyl groups is 1. The average Bonchev–Trinajstić information content (AvgIpc) is 3.54. The quantitative estimate of drug-likeness (QED) is 0.625. The minimum Gasteiger partial charge on any atom is -0.391 e. The minimum absolute atomic E-state index is 0. The first-order valence-electron chi connectivity index (χ1n) is 10.2. The maximum Gasteiger partial charge on any atom is 0.132 e. The smallest absolute Gasteiger partial charge is 0.132 e. The zero-order valence-corrected chi connectivity index (χ0v) is 17.7. The molecule has 158 valence electrons. The molecule has 3 aromatic rings. The Morgan fingerprint density at radius 1 is 1.06 bits per heavy atom. The molecule has 1 saturated heterocycles. The molecule has 5 rings (SSSR count). The van der Waals surface area contributed by atoms with Crippen molar-refractivity contribution >= 4 is 29.9 Å². The fourth-order valence-corrected chi connectivity index (χ4v) is 3.79. The average molecular weight is 435 g/mol. The summed E-state index contributed by atoms with van der Waals surface area (Å²) in [6.07, 6.45) is 6.36. The molecule has 31 heavy (non-hydrogen) atoms. The summed E-state index contributed by atoms with van der Waals surface area (Å²) < 4.78 is 0. The number of β-amino-alcohol motifs (C(OH)–C–C–N with tert-alkyl or cyclic N) is 1. The number of anilines is 3. The number of nitriles is 1. The lowest BCUT2D eigenvalue weighted by Crippen LogP contribution is -2.21. The van der Waals surface area contributed by atoms with Gasteiger partial charge >= 0.3 is 0 Å². The highest BCUT2D eigenvalue weighted by Crippen LogP contribution is 2.42. The van der Waals surface area contributed by atoms with Crippen LogP contribution in [0.2, 0.25) is 0 Å². The molecule has 8 heteroatoms. The number of aliphatic hydroxyl groups excluding tert-OH is 1. The van der Waals surface area contributed by atoms with Crippen LogP contribution >= 0.6 is 12.4 Å². The number of hydrogen-bond acceptors (Lipinski definition) is 7. The number of hydrogen-bond donors (Lipinski definition) is 2. The van der Waals surface area contributed by atoms with Crippen LogP contribution in [0.4, 0.5) is 17.5 Å². The lowest BCUT2D eigenvalue weighted by Gasteiger charge is -2.17. The van der Waals surface area contributed by atoms with Gasteiger partial charge in [0.15, 0.2) is 0 Å². The molecule has 0 amide bonds. The van der Waals surface area contributed by atoms with Crippen LogP contribution in [0.1, 0.15) is 36.3 Å². The fourth-order valence-electron chi connectivity index (χ4n) is 3.79. The standard InChI is InChI=1S/C23H22N6O.ClH/c24-12-15-5-7-25-21(9-15)28-22-11-18(16-1-2-16)10-20(27-22)17-3-4-23(26-13-17)29-8-6-19(30)14-29;/h3-5,7,9-11,13,16,19,30H,1-2,6,8,14H2,(H,25,27,28);1H/t19-;/m0./s1. The molecular formula is C23H23ClN6O. The van der Waals surface area contributed by atoms with Gasteiger partial charge in [-0.1, -0.05) is 0 Å². The van der Waals surface area contributed by atoms with Gasteiger partial charge in [0.1, 0.15) is 17.5 Å². The van der Waals surface area contributed by atoms with Crippen LogP contribution in [0, 0.1) is 11.3 Å². The second-order valence-corrected chi connectivity index (χ2v) is 7.91. The van der Waals surface area contributed by atoms with E-state index in [4.69, 9.17) is 10.2 Å². The van der Waals surface area contributed by atoms with Gasteiger partial charge < -0.3 is 15.3 Å². The number of nitrogens with zero attached hydrogens (tertiary/aromatic N) is 5. The summed E-state index contributed by atoms with van der Waals surface area (Å²) >= 11 is 0. The van der Waals surface area contributed by atoms with Crippen molar-refractivity contribution in [3.05, 3.63) is 59.9 Å². The van der Waals surface area contributed by atoms with E-state index >= 15 is 0 Å². The number of halogens is 1. The molecule has 1 aliphatic carbocycles. The van der Waals surface area contributed by atoms with Crippen LogP contribution in [0.5, 0.6) is 0 Å². The number of nitrogens with one attached hydrogen (secondary N) is 1. The van der Waals surface area contributed by atoms with Gasteiger partial charge in [-0.3, -0.25) is 0 Å². The number of aromatic nitrogens is 3. The zero-order chi connectivity index (χ0) is 20.5. The fraction of sp³-hybridized carbons (Fsp3) is 0.304. The first-order valence-corrected chi connectivity index (χ1v) is 10.2. The largest absolute Gasteiger partial charge is 0.391 e. The van der Waals surface area contributed by atoms with Crippen LogP contribution in [0.25, 0.3) is 11.3 Å². The van der Waals surface area contributed by atoms with Crippen molar-refractivity contribution in [1.82, 2.24) is 15.0 Å². The first-order chi connectivity index (χ1) is 14.7. The molecular weight excluding hydrogens is 412 g/mol. The van der Waals surface area contributed by atoms with Gasteiger partial charge in [-0.05, 0) is 67.1 Å². The predicted octanol–water partition coefficient (Wildman–Crippen LogP) is 4.02. The lowest BCUT2D eigenvalue weighted by molar-refractivity contribution is 0.198. The van der Waals surface area contributed by atoms with E-state index in [1.165, 1.54) is 18.4 Å². The third-order valence-corrected chi connectivity index (χ3v) is 5.57. The highest BCUT2D eigenvalue weighted by molar-refractivity contribution is 5.85. The van der Waals surface area contributed by atoms with E-state index in [0.717, 1.165) is 30.0 Å². The Kier molecular flexibility index (Phi) is 6.03. The molecule has 0 unspecified atom stereocenters. The van der Waals surface area contributed by atoms with Gasteiger partial charge in [-0.25, -0.2) is 15.0 Å². The zero-order valence-electron chi connectivity index (χ0n) is 16.9. The molecule has 2 N–H and O–H groups in total. The third-order valence-electron chi connectivity index (χ3n) is 5.57. The maximum absolute atomic E-state index is 9.76. The Morgan fingerprint density at radius 3 is 2.61 bits per heavy atom. The van der Waals surface area contributed by atoms with Crippen molar-refractivity contribution in [3.8, 4) is 17.3 Å². The molecule has 7 nitrogen and oxygen atoms in total. The van der Waals surface area contributed by atoms with Crippen LogP contribution in [-0.2, 0) is 0 Å². The van der Waals surface area contributed by atoms with Crippen molar-refractivity contribution in [3.63, 3.8) is 0 Å². The minimum atomic E-state index is -0.273. The summed E-state index contributed by atoms with van der Waals surface area (Å²) in [4.78, 5) is 15.8. The van der Waals surface area contributed by atoms with E-state index < -0.39 is 0 Å². The molecule has 0 aromatic carbocycles. The van der Waals surface area contributed by atoms with E-state index in [9.17, 15) is 5.11 Å². The van der Waals surface area contributed by atoms with Gasteiger partial charge in [0.05, 0.1) is 23.4 Å². The Labute approximate surface area is 187 Å². The molecule has 2 aliphatic rings. The Morgan fingerprint density at radius 2 is 1.94 bits per heavy atom. The topological polar surface area (TPSA) is 98.0 Å². The molecule has 0 bridgehead atoms. The normalized spacial score (nSPS) is 17.7.